The lowest BCUT2D eigenvalue weighted by atomic mass is 10.3. The van der Waals surface area contributed by atoms with Gasteiger partial charge >= 0.3 is 18.1 Å². The molecule has 2 heterocycles. The normalized spacial score (nSPS) is 10.9. The first-order valence-corrected chi connectivity index (χ1v) is 11.4. The molecule has 16 heteroatoms. The van der Waals surface area contributed by atoms with E-state index in [0.29, 0.717) is 23.6 Å². The van der Waals surface area contributed by atoms with Crippen LogP contribution in [0.25, 0.3) is 0 Å². The number of nitrogens with one attached hydrogen (secondary N) is 3. The highest BCUT2D eigenvalue weighted by atomic mass is 19.4. The Morgan fingerprint density at radius 1 is 0.872 bits per heavy atom. The number of rotatable bonds is 11. The van der Waals surface area contributed by atoms with Crippen LogP contribution < -0.4 is 16.0 Å². The van der Waals surface area contributed by atoms with Gasteiger partial charge in [0.15, 0.2) is 0 Å². The van der Waals surface area contributed by atoms with Crippen molar-refractivity contribution in [1.82, 2.24) is 19.4 Å². The predicted octanol–water partition coefficient (Wildman–Crippen LogP) is 1.73. The van der Waals surface area contributed by atoms with Gasteiger partial charge in [-0.05, 0) is 39.2 Å². The maximum absolute atomic E-state index is 12.7. The quantitative estimate of drug-likeness (QED) is 0.258. The zero-order chi connectivity index (χ0) is 29.9. The van der Waals surface area contributed by atoms with E-state index >= 15 is 0 Å². The van der Waals surface area contributed by atoms with Gasteiger partial charge in [-0.2, -0.15) is 13.2 Å². The Balaban J connectivity index is 0.000000956. The third-order valence-corrected chi connectivity index (χ3v) is 4.89. The van der Waals surface area contributed by atoms with Crippen molar-refractivity contribution >= 4 is 41.0 Å². The fourth-order valence-corrected chi connectivity index (χ4v) is 3.04. The third kappa shape index (κ3) is 11.7. The first kappa shape index (κ1) is 32.7. The van der Waals surface area contributed by atoms with Gasteiger partial charge in [0.2, 0.25) is 5.91 Å². The number of amides is 3. The minimum absolute atomic E-state index is 0.157. The molecule has 0 saturated carbocycles. The van der Waals surface area contributed by atoms with E-state index in [-0.39, 0.29) is 24.4 Å². The highest BCUT2D eigenvalue weighted by molar-refractivity contribution is 6.05. The molecular weight excluding hydrogens is 529 g/mol. The SMILES string of the molecule is CN(C)CCCNC(=O)c1cc(NC(=O)c2cc(NC(=O)CCC(=O)O)cn2C)cn1C.O=C(O)C(F)(F)F. The van der Waals surface area contributed by atoms with E-state index < -0.39 is 29.9 Å². The second-order valence-electron chi connectivity index (χ2n) is 8.56. The number of carbonyl (C=O) groups is 5. The monoisotopic (exact) mass is 560 g/mol. The van der Waals surface area contributed by atoms with Gasteiger partial charge in [-0.1, -0.05) is 0 Å². The molecule has 2 aromatic heterocycles. The summed E-state index contributed by atoms with van der Waals surface area (Å²) in [6.45, 7) is 1.42. The summed E-state index contributed by atoms with van der Waals surface area (Å²) in [6, 6.07) is 3.09. The standard InChI is InChI=1S/C21H30N6O5.C2HF3O2/c1-25(2)9-5-8-22-20(31)16-11-15(13-26(16)3)24-21(32)17-10-14(12-27(17)4)23-18(28)6-7-19(29)30;3-2(4,5)1(6)7/h10-13H,5-9H2,1-4H3,(H,22,31)(H,23,28)(H,24,32)(H,29,30);(H,6,7). The van der Waals surface area contributed by atoms with E-state index in [4.69, 9.17) is 15.0 Å². The molecule has 0 atom stereocenters. The smallest absolute Gasteiger partial charge is 0.481 e. The maximum atomic E-state index is 12.7. The molecule has 0 aliphatic rings. The zero-order valence-electron chi connectivity index (χ0n) is 21.8. The van der Waals surface area contributed by atoms with Gasteiger partial charge in [-0.15, -0.1) is 0 Å². The number of nitrogens with zero attached hydrogens (tertiary/aromatic N) is 3. The average Bonchev–Trinajstić information content (AvgIpc) is 3.36. The topological polar surface area (TPSA) is 175 Å². The summed E-state index contributed by atoms with van der Waals surface area (Å²) in [5.74, 6) is -4.90. The van der Waals surface area contributed by atoms with Crippen LogP contribution in [0.5, 0.6) is 0 Å². The van der Waals surface area contributed by atoms with Crippen molar-refractivity contribution in [3.05, 3.63) is 35.9 Å². The van der Waals surface area contributed by atoms with Crippen LogP contribution in [0.15, 0.2) is 24.5 Å². The highest BCUT2D eigenvalue weighted by Gasteiger charge is 2.38. The molecule has 0 aliphatic heterocycles. The molecule has 2 rings (SSSR count). The van der Waals surface area contributed by atoms with Gasteiger partial charge < -0.3 is 40.2 Å². The number of aryl methyl sites for hydroxylation is 2. The van der Waals surface area contributed by atoms with Crippen molar-refractivity contribution in [2.45, 2.75) is 25.4 Å². The van der Waals surface area contributed by atoms with E-state index in [0.717, 1.165) is 13.0 Å². The van der Waals surface area contributed by atoms with Gasteiger partial charge in [0, 0.05) is 39.5 Å². The number of carboxylic acids is 2. The van der Waals surface area contributed by atoms with Crippen LogP contribution in [0.4, 0.5) is 24.5 Å². The molecule has 0 bridgehead atoms. The van der Waals surface area contributed by atoms with Crippen LogP contribution in [0, 0.1) is 0 Å². The molecule has 216 valence electrons. The summed E-state index contributed by atoms with van der Waals surface area (Å²) in [6.07, 6.45) is -1.48. The Morgan fingerprint density at radius 3 is 1.82 bits per heavy atom. The molecule has 0 spiro atoms. The van der Waals surface area contributed by atoms with Crippen molar-refractivity contribution in [1.29, 1.82) is 0 Å². The summed E-state index contributed by atoms with van der Waals surface area (Å²) in [7, 11) is 7.31. The molecule has 0 aliphatic carbocycles. The first-order valence-electron chi connectivity index (χ1n) is 11.4. The summed E-state index contributed by atoms with van der Waals surface area (Å²) >= 11 is 0. The number of carboxylic acid groups (broad SMARTS) is 2. The van der Waals surface area contributed by atoms with Gasteiger partial charge in [0.05, 0.1) is 17.8 Å². The lowest BCUT2D eigenvalue weighted by Gasteiger charge is -2.10. The van der Waals surface area contributed by atoms with Gasteiger partial charge in [0.1, 0.15) is 11.4 Å². The Labute approximate surface area is 221 Å². The lowest BCUT2D eigenvalue weighted by Crippen LogP contribution is -2.28. The Hall–Kier alpha value is -4.34. The van der Waals surface area contributed by atoms with Crippen molar-refractivity contribution in [3.8, 4) is 0 Å². The van der Waals surface area contributed by atoms with E-state index in [2.05, 4.69) is 16.0 Å². The van der Waals surface area contributed by atoms with Crippen LogP contribution in [-0.4, -0.2) is 87.3 Å². The molecule has 0 fully saturated rings. The Bertz CT molecular complexity index is 1190. The van der Waals surface area contributed by atoms with Crippen LogP contribution in [0.3, 0.4) is 0 Å². The fourth-order valence-electron chi connectivity index (χ4n) is 3.04. The minimum Gasteiger partial charge on any atom is -0.481 e. The number of hydrogen-bond donors (Lipinski definition) is 5. The summed E-state index contributed by atoms with van der Waals surface area (Å²) in [5.41, 5.74) is 1.56. The summed E-state index contributed by atoms with van der Waals surface area (Å²) < 4.78 is 34.9. The number of alkyl halides is 3. The molecule has 13 nitrogen and oxygen atoms in total. The number of aliphatic carboxylic acids is 2. The number of aromatic nitrogens is 2. The predicted molar refractivity (Wildman–Crippen MR) is 133 cm³/mol. The molecule has 0 aromatic carbocycles. The second-order valence-corrected chi connectivity index (χ2v) is 8.56. The first-order chi connectivity index (χ1) is 18.0. The molecule has 0 unspecified atom stereocenters. The highest BCUT2D eigenvalue weighted by Crippen LogP contribution is 2.18. The van der Waals surface area contributed by atoms with E-state index in [1.807, 2.05) is 19.0 Å². The number of carbonyl (C=O) groups excluding carboxylic acids is 3. The molecule has 0 saturated heterocycles. The maximum Gasteiger partial charge on any atom is 0.490 e. The molecule has 3 amide bonds. The Kier molecular flexibility index (Phi) is 12.2. The number of hydrogen-bond acceptors (Lipinski definition) is 6. The van der Waals surface area contributed by atoms with Crippen molar-refractivity contribution < 1.29 is 47.4 Å². The average molecular weight is 561 g/mol. The minimum atomic E-state index is -5.08. The molecule has 5 N–H and O–H groups in total. The van der Waals surface area contributed by atoms with Gasteiger partial charge in [-0.3, -0.25) is 19.2 Å². The number of anilines is 2. The van der Waals surface area contributed by atoms with Gasteiger partial charge in [0.25, 0.3) is 11.8 Å². The van der Waals surface area contributed by atoms with Crippen molar-refractivity contribution in [2.24, 2.45) is 14.1 Å². The second kappa shape index (κ2) is 14.6. The van der Waals surface area contributed by atoms with Crippen molar-refractivity contribution in [2.75, 3.05) is 37.8 Å². The van der Waals surface area contributed by atoms with Crippen LogP contribution in [0.2, 0.25) is 0 Å². The third-order valence-electron chi connectivity index (χ3n) is 4.89. The Morgan fingerprint density at radius 2 is 1.36 bits per heavy atom. The molecule has 2 aromatic rings. The molecule has 0 radical (unpaired) electrons. The summed E-state index contributed by atoms with van der Waals surface area (Å²) in [5, 5.41) is 24.0. The van der Waals surface area contributed by atoms with Crippen LogP contribution in [0.1, 0.15) is 40.2 Å². The summed E-state index contributed by atoms with van der Waals surface area (Å²) in [4.78, 5) is 58.4. The lowest BCUT2D eigenvalue weighted by molar-refractivity contribution is -0.192. The van der Waals surface area contributed by atoms with Crippen LogP contribution in [-0.2, 0) is 28.5 Å². The van der Waals surface area contributed by atoms with Gasteiger partial charge in [-0.25, -0.2) is 4.79 Å². The van der Waals surface area contributed by atoms with Crippen molar-refractivity contribution in [3.63, 3.8) is 0 Å². The molecule has 39 heavy (non-hydrogen) atoms. The molecular formula is C23H31F3N6O7. The number of halogens is 3. The van der Waals surface area contributed by atoms with E-state index in [9.17, 15) is 32.3 Å². The fraction of sp³-hybridized carbons (Fsp3) is 0.435. The zero-order valence-corrected chi connectivity index (χ0v) is 21.8. The van der Waals surface area contributed by atoms with E-state index in [1.165, 1.54) is 6.07 Å². The van der Waals surface area contributed by atoms with Crippen LogP contribution >= 0.6 is 0 Å². The van der Waals surface area contributed by atoms with E-state index in [1.54, 1.807) is 41.7 Å². The largest absolute Gasteiger partial charge is 0.490 e.